The van der Waals surface area contributed by atoms with Gasteiger partial charge in [-0.15, -0.1) is 0 Å². The molecule has 2 N–H and O–H groups in total. The van der Waals surface area contributed by atoms with Gasteiger partial charge in [0, 0.05) is 10.7 Å². The highest BCUT2D eigenvalue weighted by Crippen LogP contribution is 2.20. The standard InChI is InChI=1S/C18H18ClNO4/c1-11-3-6-14(19)10-16(11)20-18(23)12(2)24-17(22)9-13-4-7-15(21)8-5-13/h3-8,10,12,21H,9H2,1-2H3,(H,20,23)/t12-/m0/s1. The zero-order chi connectivity index (χ0) is 17.7. The molecule has 2 aromatic rings. The quantitative estimate of drug-likeness (QED) is 0.812. The number of anilines is 1. The molecule has 0 aliphatic rings. The molecule has 0 saturated carbocycles. The molecule has 2 aromatic carbocycles. The van der Waals surface area contributed by atoms with E-state index in [2.05, 4.69) is 5.32 Å². The summed E-state index contributed by atoms with van der Waals surface area (Å²) in [6.45, 7) is 3.34. The first-order chi connectivity index (χ1) is 11.3. The van der Waals surface area contributed by atoms with E-state index in [1.54, 1.807) is 30.3 Å². The third kappa shape index (κ3) is 4.99. The van der Waals surface area contributed by atoms with Gasteiger partial charge in [0.15, 0.2) is 6.10 Å². The van der Waals surface area contributed by atoms with E-state index in [0.717, 1.165) is 5.56 Å². The number of hydrogen-bond donors (Lipinski definition) is 2. The van der Waals surface area contributed by atoms with Crippen molar-refractivity contribution in [3.8, 4) is 5.75 Å². The van der Waals surface area contributed by atoms with Gasteiger partial charge in [-0.1, -0.05) is 29.8 Å². The van der Waals surface area contributed by atoms with Crippen molar-refractivity contribution in [1.29, 1.82) is 0 Å². The fourth-order valence-electron chi connectivity index (χ4n) is 2.04. The molecule has 24 heavy (non-hydrogen) atoms. The molecule has 0 aromatic heterocycles. The Morgan fingerprint density at radius 3 is 2.54 bits per heavy atom. The van der Waals surface area contributed by atoms with Gasteiger partial charge in [0.1, 0.15) is 5.75 Å². The second-order valence-corrected chi connectivity index (χ2v) is 5.86. The number of phenols is 1. The molecule has 1 amide bonds. The van der Waals surface area contributed by atoms with Crippen molar-refractivity contribution in [1.82, 2.24) is 0 Å². The van der Waals surface area contributed by atoms with E-state index >= 15 is 0 Å². The van der Waals surface area contributed by atoms with Crippen LogP contribution in [0.3, 0.4) is 0 Å². The van der Waals surface area contributed by atoms with Gasteiger partial charge in [0.2, 0.25) is 0 Å². The highest BCUT2D eigenvalue weighted by Gasteiger charge is 2.19. The Balaban J connectivity index is 1.92. The first-order valence-electron chi connectivity index (χ1n) is 7.39. The minimum Gasteiger partial charge on any atom is -0.508 e. The lowest BCUT2D eigenvalue weighted by Crippen LogP contribution is -2.30. The predicted molar refractivity (Wildman–Crippen MR) is 92.2 cm³/mol. The number of amides is 1. The number of nitrogens with one attached hydrogen (secondary N) is 1. The lowest BCUT2D eigenvalue weighted by molar-refractivity contribution is -0.152. The molecule has 0 spiro atoms. The van der Waals surface area contributed by atoms with Crippen molar-refractivity contribution in [3.05, 3.63) is 58.6 Å². The van der Waals surface area contributed by atoms with E-state index in [1.165, 1.54) is 19.1 Å². The average molecular weight is 348 g/mol. The summed E-state index contributed by atoms with van der Waals surface area (Å²) in [5, 5.41) is 12.4. The first kappa shape index (κ1) is 17.8. The molecule has 0 aliphatic heterocycles. The van der Waals surface area contributed by atoms with Crippen LogP contribution in [0.5, 0.6) is 5.75 Å². The largest absolute Gasteiger partial charge is 0.508 e. The molecule has 0 saturated heterocycles. The monoisotopic (exact) mass is 347 g/mol. The Kier molecular flexibility index (Phi) is 5.82. The first-order valence-corrected chi connectivity index (χ1v) is 7.77. The molecule has 5 nitrogen and oxygen atoms in total. The van der Waals surface area contributed by atoms with E-state index in [4.69, 9.17) is 16.3 Å². The Bertz CT molecular complexity index is 743. The number of halogens is 1. The molecule has 0 heterocycles. The number of hydrogen-bond acceptors (Lipinski definition) is 4. The van der Waals surface area contributed by atoms with Gasteiger partial charge >= 0.3 is 5.97 Å². The number of aryl methyl sites for hydroxylation is 1. The van der Waals surface area contributed by atoms with E-state index in [1.807, 2.05) is 6.92 Å². The Hall–Kier alpha value is -2.53. The summed E-state index contributed by atoms with van der Waals surface area (Å²) < 4.78 is 5.14. The number of ether oxygens (including phenoxy) is 1. The van der Waals surface area contributed by atoms with Crippen molar-refractivity contribution < 1.29 is 19.4 Å². The second kappa shape index (κ2) is 7.84. The van der Waals surface area contributed by atoms with Crippen LogP contribution in [0.1, 0.15) is 18.1 Å². The normalized spacial score (nSPS) is 11.6. The third-order valence-corrected chi connectivity index (χ3v) is 3.65. The Morgan fingerprint density at radius 1 is 1.21 bits per heavy atom. The highest BCUT2D eigenvalue weighted by molar-refractivity contribution is 6.31. The molecule has 126 valence electrons. The summed E-state index contributed by atoms with van der Waals surface area (Å²) >= 11 is 5.91. The summed E-state index contributed by atoms with van der Waals surface area (Å²) in [6, 6.07) is 11.4. The van der Waals surface area contributed by atoms with Crippen LogP contribution in [0.2, 0.25) is 5.02 Å². The van der Waals surface area contributed by atoms with Gasteiger partial charge in [-0.05, 0) is 49.2 Å². The predicted octanol–water partition coefficient (Wildman–Crippen LogP) is 3.47. The number of aromatic hydroxyl groups is 1. The van der Waals surface area contributed by atoms with Crippen molar-refractivity contribution in [2.24, 2.45) is 0 Å². The zero-order valence-corrected chi connectivity index (χ0v) is 14.1. The molecular weight excluding hydrogens is 330 g/mol. The summed E-state index contributed by atoms with van der Waals surface area (Å²) in [5.41, 5.74) is 2.13. The fourth-order valence-corrected chi connectivity index (χ4v) is 2.21. The van der Waals surface area contributed by atoms with Crippen LogP contribution in [0.25, 0.3) is 0 Å². The highest BCUT2D eigenvalue weighted by atomic mass is 35.5. The third-order valence-electron chi connectivity index (χ3n) is 3.42. The molecule has 0 bridgehead atoms. The summed E-state index contributed by atoms with van der Waals surface area (Å²) in [4.78, 5) is 24.0. The van der Waals surface area contributed by atoms with Crippen LogP contribution in [0.4, 0.5) is 5.69 Å². The number of carbonyl (C=O) groups excluding carboxylic acids is 2. The molecule has 0 unspecified atom stereocenters. The number of carbonyl (C=O) groups is 2. The summed E-state index contributed by atoms with van der Waals surface area (Å²) in [5.74, 6) is -0.831. The molecule has 1 atom stereocenters. The van der Waals surface area contributed by atoms with Gasteiger partial charge in [-0.3, -0.25) is 9.59 Å². The zero-order valence-electron chi connectivity index (χ0n) is 13.4. The van der Waals surface area contributed by atoms with E-state index in [-0.39, 0.29) is 12.2 Å². The minimum atomic E-state index is -0.937. The van der Waals surface area contributed by atoms with Gasteiger partial charge in [-0.2, -0.15) is 0 Å². The maximum absolute atomic E-state index is 12.1. The topological polar surface area (TPSA) is 75.6 Å². The lowest BCUT2D eigenvalue weighted by Gasteiger charge is -2.15. The molecule has 0 radical (unpaired) electrons. The summed E-state index contributed by atoms with van der Waals surface area (Å²) in [7, 11) is 0. The van der Waals surface area contributed by atoms with Gasteiger partial charge in [-0.25, -0.2) is 0 Å². The van der Waals surface area contributed by atoms with E-state index in [9.17, 15) is 14.7 Å². The molecule has 2 rings (SSSR count). The van der Waals surface area contributed by atoms with Crippen LogP contribution >= 0.6 is 11.6 Å². The van der Waals surface area contributed by atoms with Crippen molar-refractivity contribution in [3.63, 3.8) is 0 Å². The van der Waals surface area contributed by atoms with E-state index < -0.39 is 18.0 Å². The van der Waals surface area contributed by atoms with E-state index in [0.29, 0.717) is 16.3 Å². The maximum Gasteiger partial charge on any atom is 0.311 e. The maximum atomic E-state index is 12.1. The summed E-state index contributed by atoms with van der Waals surface area (Å²) in [6.07, 6.45) is -0.915. The molecular formula is C18H18ClNO4. The van der Waals surface area contributed by atoms with Gasteiger partial charge < -0.3 is 15.2 Å². The SMILES string of the molecule is Cc1ccc(Cl)cc1NC(=O)[C@H](C)OC(=O)Cc1ccc(O)cc1. The van der Waals surface area contributed by atoms with Crippen LogP contribution < -0.4 is 5.32 Å². The minimum absolute atomic E-state index is 0.0219. The van der Waals surface area contributed by atoms with Crippen LogP contribution in [0, 0.1) is 6.92 Å². The number of esters is 1. The second-order valence-electron chi connectivity index (χ2n) is 5.42. The van der Waals surface area contributed by atoms with Crippen LogP contribution in [-0.4, -0.2) is 23.1 Å². The molecule has 6 heteroatoms. The molecule has 0 fully saturated rings. The van der Waals surface area contributed by atoms with Gasteiger partial charge in [0.05, 0.1) is 6.42 Å². The number of rotatable bonds is 5. The smallest absolute Gasteiger partial charge is 0.311 e. The number of benzene rings is 2. The van der Waals surface area contributed by atoms with Crippen LogP contribution in [-0.2, 0) is 20.7 Å². The van der Waals surface area contributed by atoms with Crippen molar-refractivity contribution in [2.45, 2.75) is 26.4 Å². The fraction of sp³-hybridized carbons (Fsp3) is 0.222. The molecule has 0 aliphatic carbocycles. The Morgan fingerprint density at radius 2 is 1.88 bits per heavy atom. The number of phenolic OH excluding ortho intramolecular Hbond substituents is 1. The van der Waals surface area contributed by atoms with Crippen LogP contribution in [0.15, 0.2) is 42.5 Å². The van der Waals surface area contributed by atoms with Gasteiger partial charge in [0.25, 0.3) is 5.91 Å². The van der Waals surface area contributed by atoms with Crippen molar-refractivity contribution >= 4 is 29.2 Å². The average Bonchev–Trinajstić information content (AvgIpc) is 2.53. The Labute approximate surface area is 145 Å². The van der Waals surface area contributed by atoms with Crippen molar-refractivity contribution in [2.75, 3.05) is 5.32 Å². The lowest BCUT2D eigenvalue weighted by atomic mass is 10.1.